The van der Waals surface area contributed by atoms with Gasteiger partial charge in [-0.15, -0.1) is 0 Å². The number of fused-ring (bicyclic) bond motifs is 1. The molecule has 27 nitrogen and oxygen atoms in total. The summed E-state index contributed by atoms with van der Waals surface area (Å²) >= 11 is 0. The van der Waals surface area contributed by atoms with E-state index in [-0.39, 0.29) is 70.5 Å². The molecule has 494 valence electrons. The summed E-state index contributed by atoms with van der Waals surface area (Å²) in [5.74, 6) is -10.7. The average Bonchev–Trinajstić information content (AvgIpc) is 1.72. The van der Waals surface area contributed by atoms with Gasteiger partial charge in [-0.25, -0.2) is 9.59 Å². The fourth-order valence-corrected chi connectivity index (χ4v) is 10.3. The van der Waals surface area contributed by atoms with E-state index in [0.717, 1.165) is 15.7 Å². The van der Waals surface area contributed by atoms with Crippen molar-refractivity contribution in [3.05, 3.63) is 83.9 Å². The highest BCUT2D eigenvalue weighted by Gasteiger charge is 2.44. The van der Waals surface area contributed by atoms with E-state index >= 15 is 0 Å². The van der Waals surface area contributed by atoms with Gasteiger partial charge in [-0.05, 0) is 92.1 Å². The minimum atomic E-state index is -5.08. The first-order valence-corrected chi connectivity index (χ1v) is 29.7. The van der Waals surface area contributed by atoms with Crippen LogP contribution < -0.4 is 49.1 Å². The number of hydrogen-bond donors (Lipinski definition) is 12. The third-order valence-corrected chi connectivity index (χ3v) is 15.4. The number of carboxylic acids is 2. The number of aliphatic hydroxyl groups is 1. The molecular weight excluding hydrogens is 1180 g/mol. The Morgan fingerprint density at radius 2 is 1.28 bits per heavy atom. The molecule has 2 fully saturated rings. The smallest absolute Gasteiger partial charge is 0.480 e. The molecule has 9 atom stereocenters. The maximum Gasteiger partial charge on any atom is 0.490 e. The lowest BCUT2D eigenvalue weighted by Gasteiger charge is -2.33. The lowest BCUT2D eigenvalue weighted by Crippen LogP contribution is -2.60. The highest BCUT2D eigenvalue weighted by molar-refractivity contribution is 5.98. The molecule has 0 aliphatic carbocycles. The number of aliphatic imine (C=N–C) groups is 1. The fourth-order valence-electron chi connectivity index (χ4n) is 10.3. The standard InChI is InChI=1S/C58H83N13O12.C2HF3O2/c1-5-35(2)49(57(82)83)68-51(76)43(31-38-24-25-39-18-9-10-19-40(39)30-38)66-52(77)44(34-72)67-54(79)47(32-37-16-7-6-8-17-37)69(4)48(74)33-63-53(78)45-22-14-28-70(45)56(81)46-23-15-29-71(46)55(80)42(21-13-27-62-58(60)61)65-50(75)41(64-36(3)73)20-11-12-26-59;3-2(4,5)1(6)7/h6-10,16-19,24-25,30,35,41-47,49,72H,5,11-15,20-23,26-29,31-34,59H2,1-4H3,(H,63,78)(H,64,73)(H,65,75)(H,66,77)(H,67,79)(H,68,76)(H,82,83)(H4,60,61,62);(H,6,7)/t35-,41-,42-,43+,44-,45-,46-,47-,49-;/m0./s1. The maximum atomic E-state index is 14.5. The zero-order valence-corrected chi connectivity index (χ0v) is 50.8. The summed E-state index contributed by atoms with van der Waals surface area (Å²) in [6, 6.07) is 11.9. The molecule has 90 heavy (non-hydrogen) atoms. The molecule has 30 heteroatoms. The summed E-state index contributed by atoms with van der Waals surface area (Å²) in [6.45, 7) is 4.08. The van der Waals surface area contributed by atoms with Crippen molar-refractivity contribution in [2.24, 2.45) is 28.1 Å². The minimum Gasteiger partial charge on any atom is -0.480 e. The normalized spacial score (nSPS) is 16.9. The molecule has 5 rings (SSSR count). The second-order valence-electron chi connectivity index (χ2n) is 22.1. The van der Waals surface area contributed by atoms with Crippen molar-refractivity contribution in [1.29, 1.82) is 0 Å². The Hall–Kier alpha value is -8.93. The quantitative estimate of drug-likeness (QED) is 0.0228. The number of nitrogens with two attached hydrogens (primary N) is 3. The largest absolute Gasteiger partial charge is 0.490 e. The molecule has 0 spiro atoms. The number of likely N-dealkylation sites (tertiary alicyclic amines) is 2. The number of nitrogens with one attached hydrogen (secondary N) is 6. The number of carbonyl (C=O) groups excluding carboxylic acids is 9. The summed E-state index contributed by atoms with van der Waals surface area (Å²) in [7, 11) is 1.34. The van der Waals surface area contributed by atoms with Crippen molar-refractivity contribution in [3.63, 3.8) is 0 Å². The number of nitrogens with zero attached hydrogens (tertiary/aromatic N) is 4. The number of unbranched alkanes of at least 4 members (excludes halogenated alkanes) is 1. The zero-order chi connectivity index (χ0) is 66.8. The van der Waals surface area contributed by atoms with Crippen molar-refractivity contribution in [3.8, 4) is 0 Å². The Morgan fingerprint density at radius 1 is 0.700 bits per heavy atom. The number of aliphatic carboxylic acids is 2. The Morgan fingerprint density at radius 3 is 1.88 bits per heavy atom. The number of halogens is 3. The average molecular weight is 1270 g/mol. The van der Waals surface area contributed by atoms with Crippen molar-refractivity contribution in [1.82, 2.24) is 46.6 Å². The lowest BCUT2D eigenvalue weighted by molar-refractivity contribution is -0.192. The van der Waals surface area contributed by atoms with E-state index in [1.165, 1.54) is 23.8 Å². The van der Waals surface area contributed by atoms with Gasteiger partial charge in [0.25, 0.3) is 0 Å². The third kappa shape index (κ3) is 22.6. The first-order chi connectivity index (χ1) is 42.6. The number of rotatable bonds is 31. The van der Waals surface area contributed by atoms with Crippen LogP contribution in [0.15, 0.2) is 77.8 Å². The molecule has 0 aromatic heterocycles. The summed E-state index contributed by atoms with van der Waals surface area (Å²) in [5, 5.41) is 45.2. The monoisotopic (exact) mass is 1270 g/mol. The maximum absolute atomic E-state index is 14.5. The predicted molar refractivity (Wildman–Crippen MR) is 323 cm³/mol. The van der Waals surface area contributed by atoms with E-state index < -0.39 is 139 Å². The molecular formula is C60H84F3N13O14. The van der Waals surface area contributed by atoms with Crippen LogP contribution in [0.25, 0.3) is 10.8 Å². The third-order valence-electron chi connectivity index (χ3n) is 15.4. The molecule has 3 aromatic carbocycles. The highest BCUT2D eigenvalue weighted by Crippen LogP contribution is 2.27. The molecule has 2 aliphatic heterocycles. The second kappa shape index (κ2) is 35.9. The number of amides is 9. The second-order valence-corrected chi connectivity index (χ2v) is 22.1. The molecule has 0 bridgehead atoms. The van der Waals surface area contributed by atoms with Crippen LogP contribution in [0, 0.1) is 5.92 Å². The number of likely N-dealkylation sites (N-methyl/N-ethyl adjacent to an activating group) is 1. The number of carboxylic acid groups (broad SMARTS) is 2. The van der Waals surface area contributed by atoms with E-state index in [2.05, 4.69) is 36.9 Å². The topological polar surface area (TPSA) is 421 Å². The summed E-state index contributed by atoms with van der Waals surface area (Å²) in [6.07, 6.45) is -1.61. The molecule has 9 amide bonds. The molecule has 0 radical (unpaired) electrons. The molecule has 2 saturated heterocycles. The molecule has 15 N–H and O–H groups in total. The van der Waals surface area contributed by atoms with Crippen LogP contribution in [-0.4, -0.2) is 202 Å². The fraction of sp³-hybridized carbons (Fsp3) is 0.533. The van der Waals surface area contributed by atoms with Gasteiger partial charge in [0.1, 0.15) is 48.3 Å². The van der Waals surface area contributed by atoms with Crippen LogP contribution in [0.3, 0.4) is 0 Å². The Balaban J connectivity index is 0.00000233. The van der Waals surface area contributed by atoms with Crippen LogP contribution >= 0.6 is 0 Å². The van der Waals surface area contributed by atoms with Crippen LogP contribution in [0.5, 0.6) is 0 Å². The van der Waals surface area contributed by atoms with E-state index in [1.54, 1.807) is 50.2 Å². The first-order valence-electron chi connectivity index (χ1n) is 29.7. The number of carbonyl (C=O) groups is 11. The summed E-state index contributed by atoms with van der Waals surface area (Å²) in [5.41, 5.74) is 17.9. The van der Waals surface area contributed by atoms with Gasteiger partial charge in [-0.2, -0.15) is 13.2 Å². The SMILES string of the molecule is CC[C@H](C)[C@H](NC(=O)[C@@H](Cc1ccc2ccccc2c1)NC(=O)[C@H](CO)NC(=O)[C@H](Cc1ccccc1)N(C)C(=O)CNC(=O)[C@@H]1CCCN1C(=O)[C@@H]1CCCN1C(=O)[C@H](CCCN=C(N)N)NC(=O)[C@H](CCCCN)NC(C)=O)C(=O)O.O=C(O)C(F)(F)F. The summed E-state index contributed by atoms with van der Waals surface area (Å²) < 4.78 is 31.7. The predicted octanol–water partition coefficient (Wildman–Crippen LogP) is -0.0670. The molecule has 0 saturated carbocycles. The van der Waals surface area contributed by atoms with E-state index in [1.807, 2.05) is 36.4 Å². The van der Waals surface area contributed by atoms with Crippen LogP contribution in [0.4, 0.5) is 13.2 Å². The number of guanidine groups is 1. The Labute approximate surface area is 518 Å². The Bertz CT molecular complexity index is 3010. The number of benzene rings is 3. The van der Waals surface area contributed by atoms with Gasteiger partial charge in [-0.3, -0.25) is 48.1 Å². The van der Waals surface area contributed by atoms with Crippen molar-refractivity contribution < 1.29 is 81.2 Å². The highest BCUT2D eigenvalue weighted by atomic mass is 19.4. The molecule has 2 aliphatic rings. The van der Waals surface area contributed by atoms with Gasteiger partial charge in [0.2, 0.25) is 53.2 Å². The van der Waals surface area contributed by atoms with Gasteiger partial charge in [0.05, 0.1) is 13.2 Å². The van der Waals surface area contributed by atoms with Crippen LogP contribution in [-0.2, 0) is 65.6 Å². The molecule has 0 unspecified atom stereocenters. The summed E-state index contributed by atoms with van der Waals surface area (Å²) in [4.78, 5) is 154. The van der Waals surface area contributed by atoms with Crippen molar-refractivity contribution in [2.45, 2.75) is 152 Å². The molecule has 2 heterocycles. The first kappa shape index (κ1) is 73.5. The van der Waals surface area contributed by atoms with E-state index in [0.29, 0.717) is 49.8 Å². The van der Waals surface area contributed by atoms with Crippen molar-refractivity contribution in [2.75, 3.05) is 46.4 Å². The van der Waals surface area contributed by atoms with Gasteiger partial charge in [0.15, 0.2) is 5.96 Å². The number of alkyl halides is 3. The number of aliphatic hydroxyl groups excluding tert-OH is 1. The van der Waals surface area contributed by atoms with Crippen LogP contribution in [0.1, 0.15) is 96.1 Å². The van der Waals surface area contributed by atoms with Gasteiger partial charge in [0, 0.05) is 46.4 Å². The van der Waals surface area contributed by atoms with E-state index in [9.17, 15) is 71.3 Å². The van der Waals surface area contributed by atoms with Crippen LogP contribution in [0.2, 0.25) is 0 Å². The lowest BCUT2D eigenvalue weighted by atomic mass is 9.97. The van der Waals surface area contributed by atoms with Gasteiger partial charge < -0.3 is 79.1 Å². The number of hydrogen-bond acceptors (Lipinski definition) is 14. The van der Waals surface area contributed by atoms with Gasteiger partial charge in [-0.1, -0.05) is 93.1 Å². The Kier molecular flexibility index (Phi) is 29.3. The zero-order valence-electron chi connectivity index (χ0n) is 50.8. The van der Waals surface area contributed by atoms with Gasteiger partial charge >= 0.3 is 18.1 Å². The van der Waals surface area contributed by atoms with Crippen molar-refractivity contribution >= 4 is 81.8 Å². The van der Waals surface area contributed by atoms with E-state index in [4.69, 9.17) is 27.1 Å². The molecule has 3 aromatic rings. The minimum absolute atomic E-state index is 0.0746.